The zero-order valence-electron chi connectivity index (χ0n) is 3.41. The van der Waals surface area contributed by atoms with Crippen molar-refractivity contribution < 1.29 is 0 Å². The van der Waals surface area contributed by atoms with Crippen LogP contribution in [0.25, 0.3) is 0 Å². The lowest BCUT2D eigenvalue weighted by Crippen LogP contribution is -1.52. The second-order valence-corrected chi connectivity index (χ2v) is 3.00. The van der Waals surface area contributed by atoms with E-state index in [1.54, 1.807) is 0 Å². The summed E-state index contributed by atoms with van der Waals surface area (Å²) in [6.45, 7) is 2.24. The van der Waals surface area contributed by atoms with Gasteiger partial charge >= 0.3 is 0 Å². The van der Waals surface area contributed by atoms with Crippen LogP contribution < -0.4 is 0 Å². The molecule has 0 radical (unpaired) electrons. The minimum absolute atomic E-state index is 0.424. The number of hydrogen-bond donors (Lipinski definition) is 0. The molecule has 0 atom stereocenters. The highest BCUT2D eigenvalue weighted by Gasteiger charge is 1.48. The number of hydrogen-bond acceptors (Lipinski definition) is 0. The molecule has 0 bridgehead atoms. The van der Waals surface area contributed by atoms with Gasteiger partial charge < -0.3 is 11.8 Å². The van der Waals surface area contributed by atoms with E-state index in [4.69, 9.17) is 0 Å². The van der Waals surface area contributed by atoms with Crippen LogP contribution in [0.1, 0.15) is 6.92 Å². The summed E-state index contributed by atoms with van der Waals surface area (Å²) < 4.78 is 0. The van der Waals surface area contributed by atoms with Crippen LogP contribution in [0, 0.1) is 0 Å². The summed E-state index contributed by atoms with van der Waals surface area (Å²) in [5.74, 6) is 1.46. The van der Waals surface area contributed by atoms with Gasteiger partial charge in [0.25, 0.3) is 0 Å². The Morgan fingerprint density at radius 3 is 2.00 bits per heavy atom. The third-order valence-electron chi connectivity index (χ3n) is 0.500. The molecule has 0 fully saturated rings. The maximum atomic E-state index is 2.32. The first kappa shape index (κ1) is 4.35. The fourth-order valence-electron chi connectivity index (χ4n) is 0. The molecule has 0 rings (SSSR count). The van der Waals surface area contributed by atoms with Crippen molar-refractivity contribution >= 4 is 11.8 Å². The highest BCUT2D eigenvalue weighted by molar-refractivity contribution is 7.98. The molecule has 30 valence electrons. The SMILES string of the molecule is CC[SH4]C. The summed E-state index contributed by atoms with van der Waals surface area (Å²) >= 11 is 0.424. The third-order valence-corrected chi connectivity index (χ3v) is 1.50. The van der Waals surface area contributed by atoms with E-state index in [-0.39, 0.29) is 0 Å². The Bertz CT molecular complexity index is 5.25. The molecule has 4 heavy (non-hydrogen) atoms. The van der Waals surface area contributed by atoms with Gasteiger partial charge in [0.05, 0.1) is 0 Å². The quantitative estimate of drug-likeness (QED) is 0.425. The van der Waals surface area contributed by atoms with Crippen LogP contribution in [0.15, 0.2) is 0 Å². The molecule has 0 aromatic rings. The largest absolute Gasteiger partial charge is 0.312 e. The predicted octanol–water partition coefficient (Wildman–Crippen LogP) is 0.298. The van der Waals surface area contributed by atoms with Gasteiger partial charge in [0.1, 0.15) is 0 Å². The van der Waals surface area contributed by atoms with Crippen molar-refractivity contribution in [3.63, 3.8) is 0 Å². The van der Waals surface area contributed by atoms with E-state index in [2.05, 4.69) is 13.2 Å². The first-order valence-corrected chi connectivity index (χ1v) is 4.33. The first-order valence-electron chi connectivity index (χ1n) is 1.91. The lowest BCUT2D eigenvalue weighted by atomic mass is 11.0. The van der Waals surface area contributed by atoms with Crippen molar-refractivity contribution in [1.82, 2.24) is 0 Å². The Kier molecular flexibility index (Phi) is 3.64. The van der Waals surface area contributed by atoms with Gasteiger partial charge in [-0.2, -0.15) is 0 Å². The van der Waals surface area contributed by atoms with Gasteiger partial charge in [-0.1, -0.05) is 13.2 Å². The molecule has 0 unspecified atom stereocenters. The molecule has 0 N–H and O–H groups in total. The summed E-state index contributed by atoms with van der Waals surface area (Å²) in [7, 11) is 0. The maximum Gasteiger partial charge on any atom is -0.0449 e. The molecular weight excluding hydrogens is 68.1 g/mol. The topological polar surface area (TPSA) is 0 Å². The van der Waals surface area contributed by atoms with Gasteiger partial charge in [-0.25, -0.2) is 0 Å². The van der Waals surface area contributed by atoms with E-state index in [0.717, 1.165) is 0 Å². The van der Waals surface area contributed by atoms with E-state index in [0.29, 0.717) is 11.8 Å². The Labute approximate surface area is 31.6 Å². The van der Waals surface area contributed by atoms with Crippen LogP contribution in [-0.4, -0.2) is 12.0 Å². The molecular formula is C3H12S. The summed E-state index contributed by atoms with van der Waals surface area (Å²) in [5.41, 5.74) is 0. The molecule has 0 saturated carbocycles. The summed E-state index contributed by atoms with van der Waals surface area (Å²) in [5, 5.41) is 0. The third kappa shape index (κ3) is 2.35. The zero-order chi connectivity index (χ0) is 3.41. The Hall–Kier alpha value is 0.350. The second kappa shape index (κ2) is 3.35. The molecule has 0 aromatic heterocycles. The normalized spacial score (nSPS) is 8.50. The molecule has 0 amide bonds. The minimum Gasteiger partial charge on any atom is -0.312 e. The van der Waals surface area contributed by atoms with Crippen LogP contribution in [0.4, 0.5) is 0 Å². The highest BCUT2D eigenvalue weighted by atomic mass is 32.2. The molecule has 0 nitrogen and oxygen atoms in total. The highest BCUT2D eigenvalue weighted by Crippen LogP contribution is 1.83. The van der Waals surface area contributed by atoms with Crippen LogP contribution in [-0.2, 0) is 0 Å². The number of rotatable bonds is 1. The fourth-order valence-corrected chi connectivity index (χ4v) is 0. The maximum absolute atomic E-state index is 2.32. The van der Waals surface area contributed by atoms with E-state index in [9.17, 15) is 0 Å². The average molecular weight is 80.2 g/mol. The molecule has 0 aromatic carbocycles. The summed E-state index contributed by atoms with van der Waals surface area (Å²) in [6, 6.07) is 0. The van der Waals surface area contributed by atoms with Crippen molar-refractivity contribution in [3.8, 4) is 0 Å². The molecule has 0 aliphatic rings. The van der Waals surface area contributed by atoms with Crippen LogP contribution in [0.5, 0.6) is 0 Å². The fraction of sp³-hybridized carbons (Fsp3) is 1.00. The minimum atomic E-state index is 0.424. The van der Waals surface area contributed by atoms with E-state index >= 15 is 0 Å². The van der Waals surface area contributed by atoms with Crippen molar-refractivity contribution in [2.45, 2.75) is 6.92 Å². The molecule has 0 spiro atoms. The van der Waals surface area contributed by atoms with Crippen LogP contribution in [0.2, 0.25) is 0 Å². The van der Waals surface area contributed by atoms with Gasteiger partial charge in [0.15, 0.2) is 0 Å². The van der Waals surface area contributed by atoms with Gasteiger partial charge in [0.2, 0.25) is 0 Å². The average Bonchev–Trinajstić information content (AvgIpc) is 1.37. The van der Waals surface area contributed by atoms with Crippen LogP contribution >= 0.6 is 11.8 Å². The first-order chi connectivity index (χ1) is 1.91. The van der Waals surface area contributed by atoms with Crippen molar-refractivity contribution in [1.29, 1.82) is 0 Å². The Balaban J connectivity index is 1.97. The van der Waals surface area contributed by atoms with Crippen molar-refractivity contribution in [2.75, 3.05) is 12.0 Å². The van der Waals surface area contributed by atoms with Gasteiger partial charge in [-0.05, 0) is 5.75 Å². The standard InChI is InChI=1S/C3H12S/c1-3-4-2/h3H2,1-2H3,4H4. The summed E-state index contributed by atoms with van der Waals surface area (Å²) in [4.78, 5) is 0. The summed E-state index contributed by atoms with van der Waals surface area (Å²) in [6.07, 6.45) is 2.32. The van der Waals surface area contributed by atoms with Crippen molar-refractivity contribution in [2.24, 2.45) is 0 Å². The predicted molar refractivity (Wildman–Crippen MR) is 29.6 cm³/mol. The monoisotopic (exact) mass is 80.1 g/mol. The van der Waals surface area contributed by atoms with Crippen molar-refractivity contribution in [3.05, 3.63) is 0 Å². The zero-order valence-corrected chi connectivity index (χ0v) is 4.83. The lowest BCUT2D eigenvalue weighted by Gasteiger charge is -1.77. The van der Waals surface area contributed by atoms with E-state index in [1.807, 2.05) is 0 Å². The van der Waals surface area contributed by atoms with Gasteiger partial charge in [-0.3, -0.25) is 0 Å². The molecule has 0 aliphatic carbocycles. The van der Waals surface area contributed by atoms with E-state index in [1.165, 1.54) is 5.75 Å². The lowest BCUT2D eigenvalue weighted by molar-refractivity contribution is 1.53. The molecule has 0 aliphatic heterocycles. The van der Waals surface area contributed by atoms with E-state index < -0.39 is 0 Å². The van der Waals surface area contributed by atoms with Gasteiger partial charge in [0, 0.05) is 0 Å². The Morgan fingerprint density at radius 1 is 1.75 bits per heavy atom. The second-order valence-electron chi connectivity index (χ2n) is 1.000. The van der Waals surface area contributed by atoms with Crippen LogP contribution in [0.3, 0.4) is 0 Å². The Morgan fingerprint density at radius 2 is 2.00 bits per heavy atom. The van der Waals surface area contributed by atoms with Gasteiger partial charge in [-0.15, -0.1) is 0 Å². The smallest absolute Gasteiger partial charge is 0.0449 e. The molecule has 0 saturated heterocycles. The molecule has 0 heterocycles. The molecule has 1 heteroatoms.